The summed E-state index contributed by atoms with van der Waals surface area (Å²) in [5.41, 5.74) is 3.74. The third-order valence-corrected chi connectivity index (χ3v) is 1.94. The van der Waals surface area contributed by atoms with Gasteiger partial charge in [-0.25, -0.2) is 0 Å². The molecule has 5 heteroatoms. The molecule has 0 aromatic rings. The summed E-state index contributed by atoms with van der Waals surface area (Å²) in [5, 5.41) is 17.5. The number of allylic oxidation sites excluding steroid dienone is 3. The fraction of sp³-hybridized carbons (Fsp3) is 0.250. The summed E-state index contributed by atoms with van der Waals surface area (Å²) in [4.78, 5) is 21.5. The lowest BCUT2D eigenvalue weighted by Gasteiger charge is -2.23. The van der Waals surface area contributed by atoms with Crippen LogP contribution in [0.25, 0.3) is 0 Å². The van der Waals surface area contributed by atoms with E-state index in [2.05, 4.69) is 0 Å². The molecular weight excluding hydrogens is 174 g/mol. The molecule has 1 aliphatic carbocycles. The highest BCUT2D eigenvalue weighted by Gasteiger charge is 2.45. The molecule has 0 aliphatic heterocycles. The van der Waals surface area contributed by atoms with Crippen LogP contribution in [0.3, 0.4) is 0 Å². The molecule has 0 saturated heterocycles. The lowest BCUT2D eigenvalue weighted by molar-refractivity contribution is -0.160. The number of carbonyl (C=O) groups is 2. The van der Waals surface area contributed by atoms with E-state index in [4.69, 9.17) is 15.9 Å². The van der Waals surface area contributed by atoms with Gasteiger partial charge in [-0.15, -0.1) is 0 Å². The summed E-state index contributed by atoms with van der Waals surface area (Å²) in [6.07, 6.45) is 3.79. The number of aliphatic carboxylic acids is 2. The zero-order valence-corrected chi connectivity index (χ0v) is 6.73. The first-order chi connectivity index (χ1) is 5.99. The molecule has 0 heterocycles. The topological polar surface area (TPSA) is 101 Å². The fourth-order valence-electron chi connectivity index (χ4n) is 1.16. The molecular formula is C8H9NO4. The van der Waals surface area contributed by atoms with E-state index in [1.807, 2.05) is 0 Å². The standard InChI is InChI=1S/C8H9NO4/c9-5-2-1-3-8(4-5,6(10)11)7(12)13/h1-3H,4,9H2,(H,10,11)(H,12,13). The Bertz CT molecular complexity index is 302. The van der Waals surface area contributed by atoms with E-state index >= 15 is 0 Å². The van der Waals surface area contributed by atoms with Crippen LogP contribution in [-0.2, 0) is 9.59 Å². The first-order valence-electron chi connectivity index (χ1n) is 3.60. The van der Waals surface area contributed by atoms with Gasteiger partial charge in [-0.05, 0) is 6.08 Å². The minimum atomic E-state index is -1.89. The Labute approximate surface area is 74.2 Å². The molecule has 0 bridgehead atoms. The third-order valence-electron chi connectivity index (χ3n) is 1.94. The molecule has 1 aliphatic rings. The van der Waals surface area contributed by atoms with Crippen molar-refractivity contribution >= 4 is 11.9 Å². The highest BCUT2D eigenvalue weighted by atomic mass is 16.4. The van der Waals surface area contributed by atoms with Crippen LogP contribution in [0, 0.1) is 5.41 Å². The number of hydrogen-bond acceptors (Lipinski definition) is 3. The van der Waals surface area contributed by atoms with E-state index in [0.717, 1.165) is 6.08 Å². The van der Waals surface area contributed by atoms with Crippen molar-refractivity contribution in [2.24, 2.45) is 11.1 Å². The van der Waals surface area contributed by atoms with Gasteiger partial charge in [0, 0.05) is 12.1 Å². The Morgan fingerprint density at radius 2 is 1.92 bits per heavy atom. The monoisotopic (exact) mass is 183 g/mol. The number of carboxylic acid groups (broad SMARTS) is 2. The molecule has 13 heavy (non-hydrogen) atoms. The zero-order chi connectivity index (χ0) is 10.1. The van der Waals surface area contributed by atoms with E-state index in [1.54, 1.807) is 0 Å². The Morgan fingerprint density at radius 1 is 1.38 bits per heavy atom. The van der Waals surface area contributed by atoms with Crippen molar-refractivity contribution in [3.8, 4) is 0 Å². The lowest BCUT2D eigenvalue weighted by Crippen LogP contribution is -2.39. The Balaban J connectivity index is 3.09. The summed E-state index contributed by atoms with van der Waals surface area (Å²) in [6.45, 7) is 0. The van der Waals surface area contributed by atoms with Crippen LogP contribution >= 0.6 is 0 Å². The highest BCUT2D eigenvalue weighted by Crippen LogP contribution is 2.30. The predicted octanol–water partition coefficient (Wildman–Crippen LogP) is -0.0555. The van der Waals surface area contributed by atoms with Crippen molar-refractivity contribution in [2.75, 3.05) is 0 Å². The maximum Gasteiger partial charge on any atom is 0.325 e. The molecule has 5 nitrogen and oxygen atoms in total. The van der Waals surface area contributed by atoms with Crippen LogP contribution in [-0.4, -0.2) is 22.2 Å². The minimum Gasteiger partial charge on any atom is -0.480 e. The van der Waals surface area contributed by atoms with Gasteiger partial charge in [0.05, 0.1) is 0 Å². The van der Waals surface area contributed by atoms with Crippen molar-refractivity contribution < 1.29 is 19.8 Å². The van der Waals surface area contributed by atoms with Crippen LogP contribution in [0.4, 0.5) is 0 Å². The molecule has 0 atom stereocenters. The van der Waals surface area contributed by atoms with E-state index in [0.29, 0.717) is 0 Å². The minimum absolute atomic E-state index is 0.186. The van der Waals surface area contributed by atoms with Crippen LogP contribution < -0.4 is 5.73 Å². The Morgan fingerprint density at radius 3 is 2.23 bits per heavy atom. The molecule has 0 spiro atoms. The first kappa shape index (κ1) is 9.31. The van der Waals surface area contributed by atoms with E-state index in [9.17, 15) is 9.59 Å². The lowest BCUT2D eigenvalue weighted by atomic mass is 9.80. The molecule has 4 N–H and O–H groups in total. The van der Waals surface area contributed by atoms with Crippen molar-refractivity contribution in [3.63, 3.8) is 0 Å². The second-order valence-corrected chi connectivity index (χ2v) is 2.86. The first-order valence-corrected chi connectivity index (χ1v) is 3.60. The average molecular weight is 183 g/mol. The van der Waals surface area contributed by atoms with Crippen LogP contribution in [0.15, 0.2) is 23.9 Å². The van der Waals surface area contributed by atoms with E-state index in [-0.39, 0.29) is 12.1 Å². The normalized spacial score (nSPS) is 19.2. The second kappa shape index (κ2) is 2.93. The van der Waals surface area contributed by atoms with Gasteiger partial charge >= 0.3 is 11.9 Å². The summed E-state index contributed by atoms with van der Waals surface area (Å²) in [5.74, 6) is -2.79. The quantitative estimate of drug-likeness (QED) is 0.521. The number of carboxylic acids is 2. The molecule has 70 valence electrons. The van der Waals surface area contributed by atoms with Gasteiger partial charge in [0.1, 0.15) is 0 Å². The Kier molecular flexibility index (Phi) is 2.10. The summed E-state index contributed by atoms with van der Waals surface area (Å²) >= 11 is 0. The molecule has 0 radical (unpaired) electrons. The second-order valence-electron chi connectivity index (χ2n) is 2.86. The Hall–Kier alpha value is -1.78. The maximum absolute atomic E-state index is 10.7. The van der Waals surface area contributed by atoms with Gasteiger partial charge < -0.3 is 15.9 Å². The third kappa shape index (κ3) is 1.40. The fourth-order valence-corrected chi connectivity index (χ4v) is 1.16. The van der Waals surface area contributed by atoms with Gasteiger partial charge in [-0.1, -0.05) is 12.2 Å². The molecule has 0 amide bonds. The van der Waals surface area contributed by atoms with Crippen molar-refractivity contribution in [2.45, 2.75) is 6.42 Å². The van der Waals surface area contributed by atoms with Crippen molar-refractivity contribution in [3.05, 3.63) is 23.9 Å². The van der Waals surface area contributed by atoms with Crippen molar-refractivity contribution in [1.82, 2.24) is 0 Å². The van der Waals surface area contributed by atoms with Gasteiger partial charge in [0.2, 0.25) is 0 Å². The largest absolute Gasteiger partial charge is 0.480 e. The zero-order valence-electron chi connectivity index (χ0n) is 6.73. The predicted molar refractivity (Wildman–Crippen MR) is 43.7 cm³/mol. The number of rotatable bonds is 2. The summed E-state index contributed by atoms with van der Waals surface area (Å²) in [7, 11) is 0. The van der Waals surface area contributed by atoms with E-state index < -0.39 is 17.4 Å². The van der Waals surface area contributed by atoms with Gasteiger partial charge in [0.25, 0.3) is 0 Å². The van der Waals surface area contributed by atoms with Gasteiger partial charge in [0.15, 0.2) is 5.41 Å². The molecule has 0 aromatic carbocycles. The SMILES string of the molecule is NC1=CC=CC(C(=O)O)(C(=O)O)C1. The van der Waals surface area contributed by atoms with E-state index in [1.165, 1.54) is 12.2 Å². The number of hydrogen-bond donors (Lipinski definition) is 3. The smallest absolute Gasteiger partial charge is 0.325 e. The molecule has 0 aromatic heterocycles. The molecule has 0 fully saturated rings. The maximum atomic E-state index is 10.7. The molecule has 0 saturated carbocycles. The van der Waals surface area contributed by atoms with Gasteiger partial charge in [-0.2, -0.15) is 0 Å². The molecule has 1 rings (SSSR count). The summed E-state index contributed by atoms with van der Waals surface area (Å²) in [6, 6.07) is 0. The van der Waals surface area contributed by atoms with Crippen molar-refractivity contribution in [1.29, 1.82) is 0 Å². The molecule has 0 unspecified atom stereocenters. The van der Waals surface area contributed by atoms with Crippen LogP contribution in [0.1, 0.15) is 6.42 Å². The van der Waals surface area contributed by atoms with Gasteiger partial charge in [-0.3, -0.25) is 9.59 Å². The average Bonchev–Trinajstić information content (AvgIpc) is 2.03. The van der Waals surface area contributed by atoms with Crippen LogP contribution in [0.5, 0.6) is 0 Å². The van der Waals surface area contributed by atoms with Crippen LogP contribution in [0.2, 0.25) is 0 Å². The highest BCUT2D eigenvalue weighted by molar-refractivity contribution is 6.01. The summed E-state index contributed by atoms with van der Waals surface area (Å²) < 4.78 is 0. The number of nitrogens with two attached hydrogens (primary N) is 1.